The quantitative estimate of drug-likeness (QED) is 0.372. The number of rotatable bonds is 7. The molecule has 0 amide bonds. The number of aryl methyl sites for hydroxylation is 1. The molecule has 0 unspecified atom stereocenters. The number of hydrogen-bond acceptors (Lipinski definition) is 5. The molecule has 0 saturated carbocycles. The van der Waals surface area contributed by atoms with Gasteiger partial charge in [-0.1, -0.05) is 60.7 Å². The van der Waals surface area contributed by atoms with E-state index in [-0.39, 0.29) is 5.76 Å². The molecular weight excluding hydrogens is 380 g/mol. The van der Waals surface area contributed by atoms with Crippen LogP contribution in [0.5, 0.6) is 11.5 Å². The zero-order valence-electron chi connectivity index (χ0n) is 16.9. The predicted octanol–water partition coefficient (Wildman–Crippen LogP) is 5.69. The number of methoxy groups -OCH3 is 1. The van der Waals surface area contributed by atoms with E-state index in [2.05, 4.69) is 0 Å². The molecule has 0 radical (unpaired) electrons. The molecule has 0 bridgehead atoms. The lowest BCUT2D eigenvalue weighted by molar-refractivity contribution is 0.0566. The number of carbonyl (C=O) groups excluding carboxylic acids is 1. The molecule has 0 spiro atoms. The minimum absolute atomic E-state index is 0.182. The topological polar surface area (TPSA) is 57.9 Å². The van der Waals surface area contributed by atoms with Gasteiger partial charge in [0.25, 0.3) is 0 Å². The smallest absolute Gasteiger partial charge is 0.374 e. The first-order valence-electron chi connectivity index (χ1n) is 9.64. The van der Waals surface area contributed by atoms with Gasteiger partial charge in [-0.15, -0.1) is 0 Å². The van der Waals surface area contributed by atoms with Crippen LogP contribution in [0.25, 0.3) is 11.0 Å². The fourth-order valence-corrected chi connectivity index (χ4v) is 3.21. The van der Waals surface area contributed by atoms with Crippen molar-refractivity contribution in [2.24, 2.45) is 0 Å². The lowest BCUT2D eigenvalue weighted by Crippen LogP contribution is -2.01. The summed E-state index contributed by atoms with van der Waals surface area (Å²) in [5, 5.41) is 0.783. The highest BCUT2D eigenvalue weighted by atomic mass is 16.5. The van der Waals surface area contributed by atoms with Crippen LogP contribution in [-0.2, 0) is 18.0 Å². The van der Waals surface area contributed by atoms with Gasteiger partial charge in [-0.2, -0.15) is 0 Å². The molecule has 0 aliphatic heterocycles. The SMILES string of the molecule is COC(=O)c1oc2cc(OCc3ccccc3)c(OCc3ccccc3)cc2c1C. The molecule has 152 valence electrons. The number of esters is 1. The van der Waals surface area contributed by atoms with Crippen LogP contribution in [0.15, 0.2) is 77.2 Å². The van der Waals surface area contributed by atoms with Gasteiger partial charge in [-0.25, -0.2) is 4.79 Å². The highest BCUT2D eigenvalue weighted by molar-refractivity contribution is 5.96. The zero-order chi connectivity index (χ0) is 20.9. The van der Waals surface area contributed by atoms with E-state index in [1.807, 2.05) is 73.7 Å². The summed E-state index contributed by atoms with van der Waals surface area (Å²) in [6.07, 6.45) is 0. The largest absolute Gasteiger partial charge is 0.485 e. The van der Waals surface area contributed by atoms with Gasteiger partial charge in [0.1, 0.15) is 18.8 Å². The minimum Gasteiger partial charge on any atom is -0.485 e. The van der Waals surface area contributed by atoms with E-state index in [0.29, 0.717) is 35.9 Å². The van der Waals surface area contributed by atoms with Crippen molar-refractivity contribution < 1.29 is 23.4 Å². The van der Waals surface area contributed by atoms with Crippen LogP contribution in [0.2, 0.25) is 0 Å². The lowest BCUT2D eigenvalue weighted by atomic mass is 10.1. The van der Waals surface area contributed by atoms with Gasteiger partial charge in [0.2, 0.25) is 5.76 Å². The van der Waals surface area contributed by atoms with Crippen molar-refractivity contribution in [2.45, 2.75) is 20.1 Å². The summed E-state index contributed by atoms with van der Waals surface area (Å²) in [5.74, 6) is 0.805. The molecule has 0 aliphatic carbocycles. The molecule has 0 saturated heterocycles. The highest BCUT2D eigenvalue weighted by Gasteiger charge is 2.21. The second-order valence-corrected chi connectivity index (χ2v) is 6.89. The van der Waals surface area contributed by atoms with Crippen molar-refractivity contribution >= 4 is 16.9 Å². The Bertz CT molecular complexity index is 1150. The van der Waals surface area contributed by atoms with E-state index in [9.17, 15) is 4.79 Å². The Morgan fingerprint density at radius 2 is 1.37 bits per heavy atom. The fourth-order valence-electron chi connectivity index (χ4n) is 3.21. The van der Waals surface area contributed by atoms with Crippen LogP contribution in [0.1, 0.15) is 27.2 Å². The maximum absolute atomic E-state index is 12.0. The number of ether oxygens (including phenoxy) is 3. The third-order valence-electron chi connectivity index (χ3n) is 4.85. The van der Waals surface area contributed by atoms with Crippen molar-refractivity contribution in [1.82, 2.24) is 0 Å². The number of fused-ring (bicyclic) bond motifs is 1. The highest BCUT2D eigenvalue weighted by Crippen LogP contribution is 2.37. The number of carbonyl (C=O) groups is 1. The number of hydrogen-bond donors (Lipinski definition) is 0. The summed E-state index contributed by atoms with van der Waals surface area (Å²) in [4.78, 5) is 12.0. The Morgan fingerprint density at radius 1 is 0.833 bits per heavy atom. The van der Waals surface area contributed by atoms with Crippen molar-refractivity contribution in [3.05, 3.63) is 95.2 Å². The van der Waals surface area contributed by atoms with Crippen molar-refractivity contribution in [2.75, 3.05) is 7.11 Å². The average molecular weight is 402 g/mol. The van der Waals surface area contributed by atoms with Crippen LogP contribution < -0.4 is 9.47 Å². The van der Waals surface area contributed by atoms with Gasteiger partial charge < -0.3 is 18.6 Å². The molecule has 5 heteroatoms. The zero-order valence-corrected chi connectivity index (χ0v) is 16.9. The van der Waals surface area contributed by atoms with Crippen LogP contribution in [-0.4, -0.2) is 13.1 Å². The second kappa shape index (κ2) is 8.74. The van der Waals surface area contributed by atoms with E-state index in [1.54, 1.807) is 6.07 Å². The van der Waals surface area contributed by atoms with E-state index in [1.165, 1.54) is 7.11 Å². The van der Waals surface area contributed by atoms with E-state index in [0.717, 1.165) is 16.5 Å². The molecule has 0 N–H and O–H groups in total. The van der Waals surface area contributed by atoms with E-state index >= 15 is 0 Å². The Kier molecular flexibility index (Phi) is 5.70. The van der Waals surface area contributed by atoms with E-state index < -0.39 is 5.97 Å². The first-order valence-corrected chi connectivity index (χ1v) is 9.64. The van der Waals surface area contributed by atoms with Gasteiger partial charge >= 0.3 is 5.97 Å². The molecule has 4 rings (SSSR count). The minimum atomic E-state index is -0.512. The molecule has 1 aromatic heterocycles. The molecular formula is C25H22O5. The fraction of sp³-hybridized carbons (Fsp3) is 0.160. The Labute approximate surface area is 174 Å². The number of benzene rings is 3. The molecule has 0 aliphatic rings. The summed E-state index contributed by atoms with van der Waals surface area (Å²) >= 11 is 0. The van der Waals surface area contributed by atoms with Crippen molar-refractivity contribution in [3.63, 3.8) is 0 Å². The Balaban J connectivity index is 1.68. The molecule has 30 heavy (non-hydrogen) atoms. The molecule has 1 heterocycles. The Morgan fingerprint density at radius 3 is 1.90 bits per heavy atom. The van der Waals surface area contributed by atoms with Gasteiger partial charge in [0.15, 0.2) is 11.5 Å². The molecule has 0 fully saturated rings. The Hall–Kier alpha value is -3.73. The van der Waals surface area contributed by atoms with Gasteiger partial charge in [-0.05, 0) is 24.1 Å². The maximum Gasteiger partial charge on any atom is 0.374 e. The summed E-state index contributed by atoms with van der Waals surface area (Å²) < 4.78 is 22.7. The van der Waals surface area contributed by atoms with Gasteiger partial charge in [0, 0.05) is 17.0 Å². The van der Waals surface area contributed by atoms with Crippen LogP contribution in [0, 0.1) is 6.92 Å². The summed E-state index contributed by atoms with van der Waals surface area (Å²) in [6, 6.07) is 23.4. The first kappa shape index (κ1) is 19.6. The number of furan rings is 1. The predicted molar refractivity (Wildman–Crippen MR) is 114 cm³/mol. The van der Waals surface area contributed by atoms with Crippen LogP contribution in [0.3, 0.4) is 0 Å². The van der Waals surface area contributed by atoms with Gasteiger partial charge in [-0.3, -0.25) is 0 Å². The summed E-state index contributed by atoms with van der Waals surface area (Å²) in [5.41, 5.74) is 3.34. The standard InChI is InChI=1S/C25H22O5/c1-17-20-13-22(28-15-18-9-5-3-6-10-18)23(29-16-19-11-7-4-8-12-19)14-21(20)30-24(17)25(26)27-2/h3-14H,15-16H2,1-2H3. The summed E-state index contributed by atoms with van der Waals surface area (Å²) in [6.45, 7) is 2.61. The summed E-state index contributed by atoms with van der Waals surface area (Å²) in [7, 11) is 1.33. The monoisotopic (exact) mass is 402 g/mol. The van der Waals surface area contributed by atoms with Crippen LogP contribution >= 0.6 is 0 Å². The maximum atomic E-state index is 12.0. The van der Waals surface area contributed by atoms with Crippen LogP contribution in [0.4, 0.5) is 0 Å². The second-order valence-electron chi connectivity index (χ2n) is 6.89. The molecule has 4 aromatic rings. The third kappa shape index (κ3) is 4.15. The van der Waals surface area contributed by atoms with Crippen molar-refractivity contribution in [3.8, 4) is 11.5 Å². The molecule has 3 aromatic carbocycles. The van der Waals surface area contributed by atoms with Gasteiger partial charge in [0.05, 0.1) is 7.11 Å². The third-order valence-corrected chi connectivity index (χ3v) is 4.85. The van der Waals surface area contributed by atoms with Crippen molar-refractivity contribution in [1.29, 1.82) is 0 Å². The van der Waals surface area contributed by atoms with E-state index in [4.69, 9.17) is 18.6 Å². The molecule has 0 atom stereocenters. The lowest BCUT2D eigenvalue weighted by Gasteiger charge is -2.13. The first-order chi connectivity index (χ1) is 14.7. The molecule has 5 nitrogen and oxygen atoms in total. The normalized spacial score (nSPS) is 10.7. The average Bonchev–Trinajstić information content (AvgIpc) is 3.12.